The molecule has 0 unspecified atom stereocenters. The van der Waals surface area contributed by atoms with E-state index in [4.69, 9.17) is 4.74 Å². The summed E-state index contributed by atoms with van der Waals surface area (Å²) in [7, 11) is 3.28. The fourth-order valence-corrected chi connectivity index (χ4v) is 1.55. The van der Waals surface area contributed by atoms with Crippen molar-refractivity contribution in [3.05, 3.63) is 29.3 Å². The van der Waals surface area contributed by atoms with Crippen molar-refractivity contribution in [3.8, 4) is 5.75 Å². The lowest BCUT2D eigenvalue weighted by Gasteiger charge is -2.10. The maximum atomic E-state index is 11.5. The van der Waals surface area contributed by atoms with Gasteiger partial charge in [0.15, 0.2) is 0 Å². The van der Waals surface area contributed by atoms with Gasteiger partial charge in [-0.1, -0.05) is 19.1 Å². The van der Waals surface area contributed by atoms with Crippen molar-refractivity contribution >= 4 is 5.91 Å². The van der Waals surface area contributed by atoms with E-state index in [1.165, 1.54) is 5.56 Å². The number of hydrogen-bond donors (Lipinski definition) is 2. The molecule has 0 aliphatic rings. The first kappa shape index (κ1) is 12.5. The van der Waals surface area contributed by atoms with Crippen LogP contribution < -0.4 is 15.6 Å². The normalized spacial score (nSPS) is 9.94. The molecule has 0 heterocycles. The molecule has 0 aromatic heterocycles. The van der Waals surface area contributed by atoms with Gasteiger partial charge in [-0.15, -0.1) is 0 Å². The number of aryl methyl sites for hydroxylation is 1. The maximum absolute atomic E-state index is 11.5. The minimum Gasteiger partial charge on any atom is -0.496 e. The van der Waals surface area contributed by atoms with E-state index in [1.807, 2.05) is 18.2 Å². The van der Waals surface area contributed by atoms with Crippen LogP contribution in [0.15, 0.2) is 18.2 Å². The van der Waals surface area contributed by atoms with Gasteiger partial charge in [0, 0.05) is 12.6 Å². The Labute approximate surface area is 96.0 Å². The molecule has 0 saturated carbocycles. The van der Waals surface area contributed by atoms with Gasteiger partial charge in [-0.2, -0.15) is 0 Å². The van der Waals surface area contributed by atoms with Crippen LogP contribution in [0, 0.1) is 0 Å². The van der Waals surface area contributed by atoms with Gasteiger partial charge in [-0.3, -0.25) is 10.2 Å². The highest BCUT2D eigenvalue weighted by atomic mass is 16.5. The average molecular weight is 222 g/mol. The number of hydrazine groups is 1. The van der Waals surface area contributed by atoms with Crippen LogP contribution in [0.3, 0.4) is 0 Å². The molecule has 4 nitrogen and oxygen atoms in total. The largest absolute Gasteiger partial charge is 0.496 e. The van der Waals surface area contributed by atoms with Crippen molar-refractivity contribution in [2.45, 2.75) is 19.8 Å². The van der Waals surface area contributed by atoms with Crippen LogP contribution in [0.2, 0.25) is 0 Å². The zero-order chi connectivity index (χ0) is 12.0. The second-order valence-corrected chi connectivity index (χ2v) is 3.47. The van der Waals surface area contributed by atoms with Crippen molar-refractivity contribution in [2.75, 3.05) is 14.2 Å². The Bertz CT molecular complexity index is 364. The number of methoxy groups -OCH3 is 1. The first-order valence-corrected chi connectivity index (χ1v) is 5.32. The summed E-state index contributed by atoms with van der Waals surface area (Å²) in [5.41, 5.74) is 7.27. The number of carbonyl (C=O) groups is 1. The minimum atomic E-state index is -0.0750. The molecule has 0 atom stereocenters. The van der Waals surface area contributed by atoms with Gasteiger partial charge in [0.1, 0.15) is 5.75 Å². The number of amides is 1. The van der Waals surface area contributed by atoms with Crippen molar-refractivity contribution in [3.63, 3.8) is 0 Å². The van der Waals surface area contributed by atoms with E-state index in [2.05, 4.69) is 17.8 Å². The van der Waals surface area contributed by atoms with Crippen LogP contribution in [-0.4, -0.2) is 20.1 Å². The summed E-state index contributed by atoms with van der Waals surface area (Å²) in [6.45, 7) is 2.08. The quantitative estimate of drug-likeness (QED) is 0.732. The second kappa shape index (κ2) is 6.12. The van der Waals surface area contributed by atoms with Crippen LogP contribution in [0.25, 0.3) is 0 Å². The summed E-state index contributed by atoms with van der Waals surface area (Å²) in [6.07, 6.45) is 1.27. The highest BCUT2D eigenvalue weighted by Crippen LogP contribution is 2.20. The Kier molecular flexibility index (Phi) is 4.79. The van der Waals surface area contributed by atoms with E-state index in [-0.39, 0.29) is 5.91 Å². The van der Waals surface area contributed by atoms with E-state index in [1.54, 1.807) is 14.2 Å². The third-order valence-corrected chi connectivity index (χ3v) is 2.37. The monoisotopic (exact) mass is 222 g/mol. The Morgan fingerprint density at radius 2 is 2.19 bits per heavy atom. The Balaban J connectivity index is 2.86. The number of rotatable bonds is 5. The summed E-state index contributed by atoms with van der Waals surface area (Å²) in [4.78, 5) is 11.5. The third kappa shape index (κ3) is 3.24. The first-order valence-electron chi connectivity index (χ1n) is 5.32. The first-order chi connectivity index (χ1) is 7.71. The van der Waals surface area contributed by atoms with Crippen molar-refractivity contribution < 1.29 is 9.53 Å². The molecular weight excluding hydrogens is 204 g/mol. The Morgan fingerprint density at radius 3 is 2.75 bits per heavy atom. The number of nitrogens with one attached hydrogen (secondary N) is 2. The van der Waals surface area contributed by atoms with Gasteiger partial charge in [0.2, 0.25) is 5.91 Å². The lowest BCUT2D eigenvalue weighted by Crippen LogP contribution is -2.35. The highest BCUT2D eigenvalue weighted by molar-refractivity contribution is 5.78. The number of ether oxygens (including phenoxy) is 1. The lowest BCUT2D eigenvalue weighted by atomic mass is 10.0. The van der Waals surface area contributed by atoms with Gasteiger partial charge < -0.3 is 4.74 Å². The molecule has 1 aromatic rings. The lowest BCUT2D eigenvalue weighted by molar-refractivity contribution is -0.121. The van der Waals surface area contributed by atoms with E-state index in [0.29, 0.717) is 6.42 Å². The van der Waals surface area contributed by atoms with Crippen LogP contribution in [0.5, 0.6) is 5.75 Å². The molecule has 1 amide bonds. The molecule has 0 aliphatic heterocycles. The van der Waals surface area contributed by atoms with Crippen molar-refractivity contribution in [2.24, 2.45) is 0 Å². The molecular formula is C12H18N2O2. The smallest absolute Gasteiger partial charge is 0.238 e. The minimum absolute atomic E-state index is 0.0750. The Hall–Kier alpha value is -1.55. The standard InChI is InChI=1S/C12H18N2O2/c1-4-9-5-6-11(16-3)10(7-9)8-12(15)14-13-2/h5-7,13H,4,8H2,1-3H3,(H,14,15). The zero-order valence-corrected chi connectivity index (χ0v) is 9.96. The van der Waals surface area contributed by atoms with Gasteiger partial charge in [0.25, 0.3) is 0 Å². The highest BCUT2D eigenvalue weighted by Gasteiger charge is 2.08. The number of hydrogen-bond acceptors (Lipinski definition) is 3. The summed E-state index contributed by atoms with van der Waals surface area (Å²) >= 11 is 0. The molecule has 1 rings (SSSR count). The number of carbonyl (C=O) groups excluding carboxylic acids is 1. The van der Waals surface area contributed by atoms with Crippen LogP contribution in [0.1, 0.15) is 18.1 Å². The van der Waals surface area contributed by atoms with Crippen molar-refractivity contribution in [1.82, 2.24) is 10.9 Å². The molecule has 16 heavy (non-hydrogen) atoms. The van der Waals surface area contributed by atoms with Crippen LogP contribution in [0.4, 0.5) is 0 Å². The maximum Gasteiger partial charge on any atom is 0.238 e. The summed E-state index contributed by atoms with van der Waals surface area (Å²) in [6, 6.07) is 5.92. The van der Waals surface area contributed by atoms with E-state index >= 15 is 0 Å². The van der Waals surface area contributed by atoms with Crippen molar-refractivity contribution in [1.29, 1.82) is 0 Å². The molecule has 0 fully saturated rings. The third-order valence-electron chi connectivity index (χ3n) is 2.37. The van der Waals surface area contributed by atoms with Gasteiger partial charge in [-0.25, -0.2) is 5.43 Å². The summed E-state index contributed by atoms with van der Waals surface area (Å²) in [5, 5.41) is 0. The van der Waals surface area contributed by atoms with Gasteiger partial charge >= 0.3 is 0 Å². The predicted octanol–water partition coefficient (Wildman–Crippen LogP) is 1.05. The summed E-state index contributed by atoms with van der Waals surface area (Å²) in [5.74, 6) is 0.678. The Morgan fingerprint density at radius 1 is 1.44 bits per heavy atom. The van der Waals surface area contributed by atoms with E-state index in [0.717, 1.165) is 17.7 Å². The average Bonchev–Trinajstić information content (AvgIpc) is 2.29. The van der Waals surface area contributed by atoms with Gasteiger partial charge in [0.05, 0.1) is 13.5 Å². The fraction of sp³-hybridized carbons (Fsp3) is 0.417. The summed E-state index contributed by atoms with van der Waals surface area (Å²) < 4.78 is 5.22. The SMILES string of the molecule is CCc1ccc(OC)c(CC(=O)NNC)c1. The second-order valence-electron chi connectivity index (χ2n) is 3.47. The molecule has 0 aliphatic carbocycles. The topological polar surface area (TPSA) is 50.4 Å². The predicted molar refractivity (Wildman–Crippen MR) is 63.3 cm³/mol. The molecule has 4 heteroatoms. The molecule has 0 radical (unpaired) electrons. The van der Waals surface area contributed by atoms with E-state index < -0.39 is 0 Å². The molecule has 2 N–H and O–H groups in total. The molecule has 0 bridgehead atoms. The number of benzene rings is 1. The molecule has 0 spiro atoms. The molecule has 0 saturated heterocycles. The molecule has 1 aromatic carbocycles. The van der Waals surface area contributed by atoms with E-state index in [9.17, 15) is 4.79 Å². The fourth-order valence-electron chi connectivity index (χ4n) is 1.55. The molecule has 88 valence electrons. The van der Waals surface area contributed by atoms with Crippen LogP contribution >= 0.6 is 0 Å². The van der Waals surface area contributed by atoms with Gasteiger partial charge in [-0.05, 0) is 18.1 Å². The zero-order valence-electron chi connectivity index (χ0n) is 9.96. The van der Waals surface area contributed by atoms with Crippen LogP contribution in [-0.2, 0) is 17.6 Å².